The maximum Gasteiger partial charge on any atom is 0.262 e. The molecule has 0 fully saturated rings. The van der Waals surface area contributed by atoms with E-state index in [1.165, 1.54) is 5.56 Å². The minimum atomic E-state index is 0.384. The van der Waals surface area contributed by atoms with Gasteiger partial charge in [-0.15, -0.1) is 5.10 Å². The smallest absolute Gasteiger partial charge is 0.262 e. The van der Waals surface area contributed by atoms with E-state index in [4.69, 9.17) is 9.26 Å². The van der Waals surface area contributed by atoms with Crippen molar-refractivity contribution in [3.05, 3.63) is 65.4 Å². The molecule has 4 rings (SSSR count). The van der Waals surface area contributed by atoms with Gasteiger partial charge in [-0.25, -0.2) is 4.68 Å². The molecule has 27 heavy (non-hydrogen) atoms. The summed E-state index contributed by atoms with van der Waals surface area (Å²) in [6, 6.07) is 15.8. The molecule has 2 heterocycles. The van der Waals surface area contributed by atoms with E-state index in [9.17, 15) is 0 Å². The second kappa shape index (κ2) is 7.03. The standard InChI is InChI=1S/C20H19N5O2/c1-13-8-10-15(11-9-13)12-25-14(2)18(22-24-25)19-21-20(27-23-19)16-6-4-5-7-17(16)26-3/h4-11H,12H2,1-3H3. The first-order valence-corrected chi connectivity index (χ1v) is 8.59. The lowest BCUT2D eigenvalue weighted by molar-refractivity contribution is 0.405. The summed E-state index contributed by atoms with van der Waals surface area (Å²) in [5.74, 6) is 1.46. The molecule has 7 nitrogen and oxygen atoms in total. The summed E-state index contributed by atoms with van der Waals surface area (Å²) in [6.07, 6.45) is 0. The molecule has 0 aliphatic heterocycles. The Bertz CT molecular complexity index is 1070. The van der Waals surface area contributed by atoms with Crippen LogP contribution < -0.4 is 4.74 Å². The van der Waals surface area contributed by atoms with Crippen LogP contribution in [0, 0.1) is 13.8 Å². The van der Waals surface area contributed by atoms with Gasteiger partial charge in [-0.1, -0.05) is 52.3 Å². The fourth-order valence-electron chi connectivity index (χ4n) is 2.83. The Morgan fingerprint density at radius 1 is 1.04 bits per heavy atom. The van der Waals surface area contributed by atoms with Crippen molar-refractivity contribution in [3.63, 3.8) is 0 Å². The van der Waals surface area contributed by atoms with Crippen LogP contribution in [0.2, 0.25) is 0 Å². The Morgan fingerprint density at radius 2 is 1.81 bits per heavy atom. The van der Waals surface area contributed by atoms with Crippen molar-refractivity contribution < 1.29 is 9.26 Å². The van der Waals surface area contributed by atoms with Crippen molar-refractivity contribution in [2.75, 3.05) is 7.11 Å². The minimum Gasteiger partial charge on any atom is -0.496 e. The van der Waals surface area contributed by atoms with Gasteiger partial charge < -0.3 is 9.26 Å². The largest absolute Gasteiger partial charge is 0.496 e. The van der Waals surface area contributed by atoms with Crippen molar-refractivity contribution in [3.8, 4) is 28.7 Å². The van der Waals surface area contributed by atoms with Crippen LogP contribution in [0.3, 0.4) is 0 Å². The number of nitrogens with zero attached hydrogens (tertiary/aromatic N) is 5. The van der Waals surface area contributed by atoms with E-state index < -0.39 is 0 Å². The van der Waals surface area contributed by atoms with E-state index >= 15 is 0 Å². The monoisotopic (exact) mass is 361 g/mol. The van der Waals surface area contributed by atoms with Gasteiger partial charge in [0.05, 0.1) is 24.9 Å². The van der Waals surface area contributed by atoms with Gasteiger partial charge in [0.25, 0.3) is 5.89 Å². The normalized spacial score (nSPS) is 10.9. The third kappa shape index (κ3) is 3.31. The third-order valence-electron chi connectivity index (χ3n) is 4.41. The van der Waals surface area contributed by atoms with Gasteiger partial charge in [0, 0.05) is 0 Å². The molecule has 7 heteroatoms. The van der Waals surface area contributed by atoms with Crippen LogP contribution in [0.15, 0.2) is 53.1 Å². The fourth-order valence-corrected chi connectivity index (χ4v) is 2.83. The molecular formula is C20H19N5O2. The van der Waals surface area contributed by atoms with Gasteiger partial charge in [-0.3, -0.25) is 0 Å². The Hall–Kier alpha value is -3.48. The molecule has 0 amide bonds. The summed E-state index contributed by atoms with van der Waals surface area (Å²) in [5, 5.41) is 12.6. The van der Waals surface area contributed by atoms with Crippen LogP contribution in [-0.4, -0.2) is 32.2 Å². The number of rotatable bonds is 5. The van der Waals surface area contributed by atoms with E-state index in [1.54, 1.807) is 7.11 Å². The van der Waals surface area contributed by atoms with Crippen LogP contribution in [0.4, 0.5) is 0 Å². The maximum atomic E-state index is 5.43. The summed E-state index contributed by atoms with van der Waals surface area (Å²) in [5.41, 5.74) is 4.60. The molecule has 0 saturated heterocycles. The van der Waals surface area contributed by atoms with E-state index in [2.05, 4.69) is 51.6 Å². The van der Waals surface area contributed by atoms with Crippen molar-refractivity contribution >= 4 is 0 Å². The highest BCUT2D eigenvalue weighted by atomic mass is 16.5. The van der Waals surface area contributed by atoms with Gasteiger partial charge >= 0.3 is 0 Å². The quantitative estimate of drug-likeness (QED) is 0.540. The number of hydrogen-bond acceptors (Lipinski definition) is 6. The first-order chi connectivity index (χ1) is 13.2. The Labute approximate surface area is 156 Å². The van der Waals surface area contributed by atoms with Gasteiger partial charge in [-0.05, 0) is 31.5 Å². The molecule has 0 radical (unpaired) electrons. The van der Waals surface area contributed by atoms with Gasteiger partial charge in [-0.2, -0.15) is 4.98 Å². The highest BCUT2D eigenvalue weighted by Gasteiger charge is 2.19. The summed E-state index contributed by atoms with van der Waals surface area (Å²) < 4.78 is 12.6. The highest BCUT2D eigenvalue weighted by Crippen LogP contribution is 2.30. The van der Waals surface area contributed by atoms with Crippen molar-refractivity contribution in [2.24, 2.45) is 0 Å². The van der Waals surface area contributed by atoms with Crippen LogP contribution in [-0.2, 0) is 6.54 Å². The zero-order chi connectivity index (χ0) is 18.8. The molecule has 0 N–H and O–H groups in total. The highest BCUT2D eigenvalue weighted by molar-refractivity contribution is 5.64. The maximum absolute atomic E-state index is 5.43. The predicted octanol–water partition coefficient (Wildman–Crippen LogP) is 3.67. The predicted molar refractivity (Wildman–Crippen MR) is 100 cm³/mol. The van der Waals surface area contributed by atoms with Crippen molar-refractivity contribution in [1.82, 2.24) is 25.1 Å². The van der Waals surface area contributed by atoms with Crippen molar-refractivity contribution in [2.45, 2.75) is 20.4 Å². The second-order valence-electron chi connectivity index (χ2n) is 6.29. The average Bonchev–Trinajstić information content (AvgIpc) is 3.31. The van der Waals surface area contributed by atoms with Gasteiger partial charge in [0.15, 0.2) is 5.69 Å². The molecule has 0 unspecified atom stereocenters. The number of aryl methyl sites for hydroxylation is 1. The lowest BCUT2D eigenvalue weighted by atomic mass is 10.1. The van der Waals surface area contributed by atoms with Gasteiger partial charge in [0.2, 0.25) is 5.82 Å². The molecule has 136 valence electrons. The lowest BCUT2D eigenvalue weighted by Gasteiger charge is -2.04. The molecule has 2 aromatic heterocycles. The van der Waals surface area contributed by atoms with Crippen LogP contribution in [0.25, 0.3) is 23.0 Å². The zero-order valence-corrected chi connectivity index (χ0v) is 15.4. The Balaban J connectivity index is 1.62. The summed E-state index contributed by atoms with van der Waals surface area (Å²) >= 11 is 0. The van der Waals surface area contributed by atoms with E-state index in [-0.39, 0.29) is 0 Å². The number of para-hydroxylation sites is 1. The molecule has 0 spiro atoms. The molecular weight excluding hydrogens is 342 g/mol. The van der Waals surface area contributed by atoms with E-state index in [0.29, 0.717) is 29.7 Å². The zero-order valence-electron chi connectivity index (χ0n) is 15.4. The fraction of sp³-hybridized carbons (Fsp3) is 0.200. The molecule has 0 saturated carbocycles. The van der Waals surface area contributed by atoms with Crippen LogP contribution in [0.1, 0.15) is 16.8 Å². The second-order valence-corrected chi connectivity index (χ2v) is 6.29. The average molecular weight is 361 g/mol. The number of benzene rings is 2. The molecule has 0 aliphatic carbocycles. The van der Waals surface area contributed by atoms with Crippen LogP contribution >= 0.6 is 0 Å². The summed E-state index contributed by atoms with van der Waals surface area (Å²) in [6.45, 7) is 4.65. The first kappa shape index (κ1) is 17.0. The first-order valence-electron chi connectivity index (χ1n) is 8.59. The number of aromatic nitrogens is 5. The van der Waals surface area contributed by atoms with Gasteiger partial charge in [0.1, 0.15) is 5.75 Å². The van der Waals surface area contributed by atoms with Crippen molar-refractivity contribution in [1.29, 1.82) is 0 Å². The topological polar surface area (TPSA) is 78.9 Å². The molecule has 0 aliphatic rings. The third-order valence-corrected chi connectivity index (χ3v) is 4.41. The Kier molecular flexibility index (Phi) is 4.42. The molecule has 4 aromatic rings. The SMILES string of the molecule is COc1ccccc1-c1nc(-c2nnn(Cc3ccc(C)cc3)c2C)no1. The van der Waals surface area contributed by atoms with E-state index in [1.807, 2.05) is 35.9 Å². The minimum absolute atomic E-state index is 0.384. The molecule has 0 bridgehead atoms. The number of methoxy groups -OCH3 is 1. The van der Waals surface area contributed by atoms with E-state index in [0.717, 1.165) is 16.8 Å². The molecule has 2 aromatic carbocycles. The summed E-state index contributed by atoms with van der Waals surface area (Å²) in [7, 11) is 1.61. The Morgan fingerprint density at radius 3 is 2.59 bits per heavy atom. The number of ether oxygens (including phenoxy) is 1. The van der Waals surface area contributed by atoms with Crippen LogP contribution in [0.5, 0.6) is 5.75 Å². The lowest BCUT2D eigenvalue weighted by Crippen LogP contribution is -2.04. The number of hydrogen-bond donors (Lipinski definition) is 0. The summed E-state index contributed by atoms with van der Waals surface area (Å²) in [4.78, 5) is 4.48. The molecule has 0 atom stereocenters.